The summed E-state index contributed by atoms with van der Waals surface area (Å²) in [7, 11) is 1.72. The van der Waals surface area contributed by atoms with Gasteiger partial charge in [-0.3, -0.25) is 0 Å². The summed E-state index contributed by atoms with van der Waals surface area (Å²) in [5, 5.41) is 0. The molecule has 0 aromatic carbocycles. The van der Waals surface area contributed by atoms with Gasteiger partial charge in [-0.05, 0) is 6.42 Å². The zero-order valence-corrected chi connectivity index (χ0v) is 7.88. The molecule has 3 nitrogen and oxygen atoms in total. The molecule has 0 radical (unpaired) electrons. The summed E-state index contributed by atoms with van der Waals surface area (Å²) >= 11 is 0. The summed E-state index contributed by atoms with van der Waals surface area (Å²) in [5.74, 6) is 0. The maximum Gasteiger partial charge on any atom is 0.414 e. The zero-order valence-electron chi connectivity index (χ0n) is 7.88. The Hall–Kier alpha value is -0.990. The van der Waals surface area contributed by atoms with Gasteiger partial charge >= 0.3 is 6.09 Å². The first kappa shape index (κ1) is 11.0. The fraction of sp³-hybridized carbons (Fsp3) is 0.667. The first-order valence-corrected chi connectivity index (χ1v) is 4.25. The van der Waals surface area contributed by atoms with Crippen LogP contribution in [0.3, 0.4) is 0 Å². The average molecular weight is 171 g/mol. The second-order valence-electron chi connectivity index (χ2n) is 2.68. The first-order valence-electron chi connectivity index (χ1n) is 4.25. The lowest BCUT2D eigenvalue weighted by atomic mass is 10.2. The molecule has 0 N–H and O–H groups in total. The van der Waals surface area contributed by atoms with E-state index in [1.54, 1.807) is 11.9 Å². The van der Waals surface area contributed by atoms with Crippen molar-refractivity contribution in [3.63, 3.8) is 0 Å². The predicted octanol–water partition coefficient (Wildman–Crippen LogP) is 2.39. The van der Waals surface area contributed by atoms with E-state index in [2.05, 4.69) is 18.2 Å². The van der Waals surface area contributed by atoms with E-state index in [0.717, 1.165) is 32.1 Å². The maximum absolute atomic E-state index is 11.0. The highest BCUT2D eigenvalue weighted by atomic mass is 16.5. The van der Waals surface area contributed by atoms with Crippen molar-refractivity contribution in [2.24, 2.45) is 0 Å². The van der Waals surface area contributed by atoms with Crippen LogP contribution in [0, 0.1) is 0 Å². The normalized spacial score (nSPS) is 9.17. The molecule has 0 saturated heterocycles. The molecule has 0 bridgehead atoms. The summed E-state index contributed by atoms with van der Waals surface area (Å²) in [6.07, 6.45) is 4.15. The third-order valence-electron chi connectivity index (χ3n) is 1.59. The Labute approximate surface area is 74.0 Å². The van der Waals surface area contributed by atoms with E-state index in [-0.39, 0.29) is 6.09 Å². The van der Waals surface area contributed by atoms with Gasteiger partial charge in [-0.15, -0.1) is 0 Å². The second-order valence-corrected chi connectivity index (χ2v) is 2.68. The summed E-state index contributed by atoms with van der Waals surface area (Å²) in [6.45, 7) is 6.19. The van der Waals surface area contributed by atoms with E-state index < -0.39 is 0 Å². The SMILES string of the molecule is C=COC(=O)N(C)CCCCC. The van der Waals surface area contributed by atoms with Crippen molar-refractivity contribution in [2.45, 2.75) is 26.2 Å². The number of carbonyl (C=O) groups is 1. The van der Waals surface area contributed by atoms with Crippen molar-refractivity contribution in [3.05, 3.63) is 12.8 Å². The number of hydrogen-bond acceptors (Lipinski definition) is 2. The van der Waals surface area contributed by atoms with Crippen LogP contribution in [0.25, 0.3) is 0 Å². The highest BCUT2D eigenvalue weighted by Crippen LogP contribution is 1.98. The van der Waals surface area contributed by atoms with Crippen LogP contribution >= 0.6 is 0 Å². The van der Waals surface area contributed by atoms with Gasteiger partial charge in [-0.25, -0.2) is 4.79 Å². The van der Waals surface area contributed by atoms with E-state index in [1.165, 1.54) is 0 Å². The van der Waals surface area contributed by atoms with Gasteiger partial charge in [0.2, 0.25) is 0 Å². The van der Waals surface area contributed by atoms with Crippen LogP contribution in [0.4, 0.5) is 4.79 Å². The van der Waals surface area contributed by atoms with Crippen LogP contribution in [0.5, 0.6) is 0 Å². The molecule has 0 fully saturated rings. The minimum absolute atomic E-state index is 0.332. The van der Waals surface area contributed by atoms with E-state index in [0.29, 0.717) is 0 Å². The molecule has 0 spiro atoms. The molecule has 0 atom stereocenters. The molecule has 1 amide bonds. The van der Waals surface area contributed by atoms with Gasteiger partial charge in [0.1, 0.15) is 0 Å². The first-order chi connectivity index (χ1) is 5.72. The van der Waals surface area contributed by atoms with Crippen molar-refractivity contribution >= 4 is 6.09 Å². The van der Waals surface area contributed by atoms with E-state index in [4.69, 9.17) is 0 Å². The van der Waals surface area contributed by atoms with Crippen LogP contribution in [0.1, 0.15) is 26.2 Å². The number of unbranched alkanes of at least 4 members (excludes halogenated alkanes) is 2. The molecular weight excluding hydrogens is 154 g/mol. The second kappa shape index (κ2) is 6.70. The minimum Gasteiger partial charge on any atom is -0.419 e. The van der Waals surface area contributed by atoms with Crippen LogP contribution in [0.15, 0.2) is 12.8 Å². The minimum atomic E-state index is -0.332. The molecule has 0 unspecified atom stereocenters. The highest BCUT2D eigenvalue weighted by molar-refractivity contribution is 5.67. The Bertz CT molecular complexity index is 145. The van der Waals surface area contributed by atoms with Gasteiger partial charge in [0.05, 0.1) is 6.26 Å². The lowest BCUT2D eigenvalue weighted by Crippen LogP contribution is -2.27. The summed E-state index contributed by atoms with van der Waals surface area (Å²) in [6, 6.07) is 0. The molecule has 0 aliphatic rings. The Morgan fingerprint density at radius 3 is 2.75 bits per heavy atom. The van der Waals surface area contributed by atoms with Crippen LogP contribution < -0.4 is 0 Å². The van der Waals surface area contributed by atoms with Crippen molar-refractivity contribution < 1.29 is 9.53 Å². The Morgan fingerprint density at radius 2 is 2.25 bits per heavy atom. The Morgan fingerprint density at radius 1 is 1.58 bits per heavy atom. The Kier molecular flexibility index (Phi) is 6.15. The molecule has 0 heterocycles. The van der Waals surface area contributed by atoms with Gasteiger partial charge < -0.3 is 9.64 Å². The van der Waals surface area contributed by atoms with E-state index in [1.807, 2.05) is 0 Å². The van der Waals surface area contributed by atoms with Gasteiger partial charge in [-0.1, -0.05) is 26.3 Å². The smallest absolute Gasteiger partial charge is 0.414 e. The van der Waals surface area contributed by atoms with Crippen molar-refractivity contribution in [1.29, 1.82) is 0 Å². The number of nitrogens with zero attached hydrogens (tertiary/aromatic N) is 1. The average Bonchev–Trinajstić information content (AvgIpc) is 2.05. The maximum atomic E-state index is 11.0. The van der Waals surface area contributed by atoms with Crippen molar-refractivity contribution in [1.82, 2.24) is 4.90 Å². The zero-order chi connectivity index (χ0) is 9.40. The summed E-state index contributed by atoms with van der Waals surface area (Å²) < 4.78 is 4.59. The van der Waals surface area contributed by atoms with E-state index in [9.17, 15) is 4.79 Å². The lowest BCUT2D eigenvalue weighted by Gasteiger charge is -2.14. The fourth-order valence-electron chi connectivity index (χ4n) is 0.852. The largest absolute Gasteiger partial charge is 0.419 e. The molecule has 0 saturated carbocycles. The van der Waals surface area contributed by atoms with Gasteiger partial charge in [0, 0.05) is 13.6 Å². The standard InChI is InChI=1S/C9H17NO2/c1-4-6-7-8-10(3)9(11)12-5-2/h5H,2,4,6-8H2,1,3H3. The van der Waals surface area contributed by atoms with Crippen LogP contribution in [0.2, 0.25) is 0 Å². The number of rotatable bonds is 5. The lowest BCUT2D eigenvalue weighted by molar-refractivity contribution is 0.147. The van der Waals surface area contributed by atoms with E-state index >= 15 is 0 Å². The molecule has 0 aromatic heterocycles. The third-order valence-corrected chi connectivity index (χ3v) is 1.59. The van der Waals surface area contributed by atoms with Gasteiger partial charge in [0.25, 0.3) is 0 Å². The van der Waals surface area contributed by atoms with Gasteiger partial charge in [0.15, 0.2) is 0 Å². The number of ether oxygens (including phenoxy) is 1. The van der Waals surface area contributed by atoms with Crippen molar-refractivity contribution in [2.75, 3.05) is 13.6 Å². The van der Waals surface area contributed by atoms with Crippen LogP contribution in [-0.4, -0.2) is 24.6 Å². The Balaban J connectivity index is 3.49. The molecular formula is C9H17NO2. The van der Waals surface area contributed by atoms with Crippen molar-refractivity contribution in [3.8, 4) is 0 Å². The number of amides is 1. The predicted molar refractivity (Wildman–Crippen MR) is 48.8 cm³/mol. The molecule has 12 heavy (non-hydrogen) atoms. The molecule has 3 heteroatoms. The quantitative estimate of drug-likeness (QED) is 0.469. The topological polar surface area (TPSA) is 29.5 Å². The fourth-order valence-corrected chi connectivity index (χ4v) is 0.852. The van der Waals surface area contributed by atoms with Gasteiger partial charge in [-0.2, -0.15) is 0 Å². The molecule has 0 aromatic rings. The molecule has 0 aliphatic carbocycles. The monoisotopic (exact) mass is 171 g/mol. The highest BCUT2D eigenvalue weighted by Gasteiger charge is 2.06. The number of hydrogen-bond donors (Lipinski definition) is 0. The third kappa shape index (κ3) is 4.77. The molecule has 70 valence electrons. The van der Waals surface area contributed by atoms with Crippen LogP contribution in [-0.2, 0) is 4.74 Å². The number of carbonyl (C=O) groups excluding carboxylic acids is 1. The molecule has 0 aliphatic heterocycles. The molecule has 0 rings (SSSR count). The summed E-state index contributed by atoms with van der Waals surface area (Å²) in [4.78, 5) is 12.5. The summed E-state index contributed by atoms with van der Waals surface area (Å²) in [5.41, 5.74) is 0.